The molecule has 7 nitrogen and oxygen atoms in total. The number of piperidine rings is 1. The average Bonchev–Trinajstić information content (AvgIpc) is 2.73. The van der Waals surface area contributed by atoms with Crippen molar-refractivity contribution in [2.75, 3.05) is 25.0 Å². The summed E-state index contributed by atoms with van der Waals surface area (Å²) in [5.41, 5.74) is 6.33. The van der Waals surface area contributed by atoms with Crippen LogP contribution in [0.3, 0.4) is 0 Å². The van der Waals surface area contributed by atoms with Crippen molar-refractivity contribution >= 4 is 27.5 Å². The minimum absolute atomic E-state index is 0.0762. The highest BCUT2D eigenvalue weighted by Gasteiger charge is 2.35. The number of anilines is 1. The quantitative estimate of drug-likeness (QED) is 0.804. The lowest BCUT2D eigenvalue weighted by Gasteiger charge is -2.37. The van der Waals surface area contributed by atoms with Gasteiger partial charge in [0.25, 0.3) is 10.0 Å². The van der Waals surface area contributed by atoms with Crippen LogP contribution >= 0.6 is 0 Å². The van der Waals surface area contributed by atoms with E-state index >= 15 is 0 Å². The molecule has 1 saturated heterocycles. The van der Waals surface area contributed by atoms with Gasteiger partial charge in [-0.25, -0.2) is 0 Å². The number of fused-ring (bicyclic) bond motifs is 1. The summed E-state index contributed by atoms with van der Waals surface area (Å²) in [5.74, 6) is 1.21. The van der Waals surface area contributed by atoms with Crippen molar-refractivity contribution in [1.29, 1.82) is 0 Å². The van der Waals surface area contributed by atoms with E-state index in [-0.39, 0.29) is 22.6 Å². The van der Waals surface area contributed by atoms with Crippen LogP contribution in [-0.4, -0.2) is 44.7 Å². The first kappa shape index (κ1) is 19.4. The van der Waals surface area contributed by atoms with Crippen LogP contribution in [0.4, 0.5) is 5.69 Å². The van der Waals surface area contributed by atoms with Crippen molar-refractivity contribution in [1.82, 2.24) is 4.90 Å². The molecule has 1 saturated carbocycles. The lowest BCUT2D eigenvalue weighted by Crippen LogP contribution is -2.47. The molecule has 0 aromatic heterocycles. The number of sulfonamides is 1. The topological polar surface area (TPSA) is 105 Å². The smallest absolute Gasteiger partial charge is 0.286 e. The molecule has 3 N–H and O–H groups in total. The van der Waals surface area contributed by atoms with E-state index in [0.717, 1.165) is 45.1 Å². The lowest BCUT2D eigenvalue weighted by molar-refractivity contribution is -0.138. The Labute approximate surface area is 166 Å². The fourth-order valence-corrected chi connectivity index (χ4v) is 5.81. The SMILES string of the molecule is NCC1CCC(C(=O)N2CCCC(C3=NS(=O)(=O)c4ccccc4N3)C2)CC1. The number of likely N-dealkylation sites (tertiary alicyclic amines) is 1. The zero-order chi connectivity index (χ0) is 19.7. The largest absolute Gasteiger partial charge is 0.342 e. The van der Waals surface area contributed by atoms with Gasteiger partial charge in [-0.2, -0.15) is 8.42 Å². The van der Waals surface area contributed by atoms with Gasteiger partial charge in [0.15, 0.2) is 0 Å². The van der Waals surface area contributed by atoms with E-state index in [1.54, 1.807) is 24.3 Å². The van der Waals surface area contributed by atoms with Gasteiger partial charge in [0.2, 0.25) is 5.91 Å². The lowest BCUT2D eigenvalue weighted by atomic mass is 9.81. The van der Waals surface area contributed by atoms with Crippen molar-refractivity contribution < 1.29 is 13.2 Å². The second kappa shape index (κ2) is 7.83. The summed E-state index contributed by atoms with van der Waals surface area (Å²) >= 11 is 0. The second-order valence-electron chi connectivity index (χ2n) is 8.15. The number of nitrogens with two attached hydrogens (primary N) is 1. The number of carbonyl (C=O) groups is 1. The predicted molar refractivity (Wildman–Crippen MR) is 108 cm³/mol. The van der Waals surface area contributed by atoms with Crippen LogP contribution in [0.2, 0.25) is 0 Å². The summed E-state index contributed by atoms with van der Waals surface area (Å²) in [6.45, 7) is 1.97. The Kier molecular flexibility index (Phi) is 5.42. The zero-order valence-corrected chi connectivity index (χ0v) is 16.8. The molecule has 1 atom stereocenters. The standard InChI is InChI=1S/C20H28N4O3S/c21-12-14-7-9-15(10-8-14)20(25)24-11-3-4-16(13-24)19-22-17-5-1-2-6-18(17)28(26,27)23-19/h1-2,5-6,14-16H,3-4,7-13,21H2,(H,22,23). The van der Waals surface area contributed by atoms with Gasteiger partial charge in [0.05, 0.1) is 5.69 Å². The summed E-state index contributed by atoms with van der Waals surface area (Å²) in [4.78, 5) is 15.1. The Bertz CT molecular complexity index is 875. The summed E-state index contributed by atoms with van der Waals surface area (Å²) < 4.78 is 29.1. The summed E-state index contributed by atoms with van der Waals surface area (Å²) in [6, 6.07) is 6.81. The Hall–Kier alpha value is -1.93. The molecular formula is C20H28N4O3S. The highest BCUT2D eigenvalue weighted by atomic mass is 32.2. The molecule has 2 heterocycles. The molecule has 0 bridgehead atoms. The Balaban J connectivity index is 1.46. The molecule has 2 aliphatic heterocycles. The molecule has 1 unspecified atom stereocenters. The molecule has 2 fully saturated rings. The highest BCUT2D eigenvalue weighted by Crippen LogP contribution is 2.33. The van der Waals surface area contributed by atoms with Crippen LogP contribution in [0.25, 0.3) is 0 Å². The number of nitrogens with zero attached hydrogens (tertiary/aromatic N) is 2. The maximum Gasteiger partial charge on any atom is 0.286 e. The van der Waals surface area contributed by atoms with Gasteiger partial charge >= 0.3 is 0 Å². The molecule has 28 heavy (non-hydrogen) atoms. The third kappa shape index (κ3) is 3.80. The molecule has 1 aromatic rings. The Morgan fingerprint density at radius 1 is 1.18 bits per heavy atom. The minimum atomic E-state index is -3.70. The summed E-state index contributed by atoms with van der Waals surface area (Å²) in [7, 11) is -3.70. The first-order valence-corrected chi connectivity index (χ1v) is 11.6. The minimum Gasteiger partial charge on any atom is -0.342 e. The van der Waals surface area contributed by atoms with E-state index in [4.69, 9.17) is 5.73 Å². The molecule has 0 spiro atoms. The van der Waals surface area contributed by atoms with Gasteiger partial charge in [0, 0.05) is 24.9 Å². The van der Waals surface area contributed by atoms with Gasteiger partial charge < -0.3 is 16.0 Å². The number of hydrogen-bond donors (Lipinski definition) is 2. The molecule has 8 heteroatoms. The predicted octanol–water partition coefficient (Wildman–Crippen LogP) is 2.20. The van der Waals surface area contributed by atoms with Gasteiger partial charge in [-0.3, -0.25) is 4.79 Å². The summed E-state index contributed by atoms with van der Waals surface area (Å²) in [6.07, 6.45) is 5.54. The molecule has 1 amide bonds. The molecule has 1 aliphatic carbocycles. The van der Waals surface area contributed by atoms with Crippen molar-refractivity contribution in [2.45, 2.75) is 43.4 Å². The monoisotopic (exact) mass is 404 g/mol. The molecule has 152 valence electrons. The van der Waals surface area contributed by atoms with Crippen LogP contribution in [0.5, 0.6) is 0 Å². The van der Waals surface area contributed by atoms with E-state index in [2.05, 4.69) is 9.71 Å². The first-order valence-electron chi connectivity index (χ1n) is 10.2. The normalized spacial score (nSPS) is 29.4. The van der Waals surface area contributed by atoms with Gasteiger partial charge in [-0.1, -0.05) is 12.1 Å². The first-order chi connectivity index (χ1) is 13.5. The fourth-order valence-electron chi connectivity index (χ4n) is 4.61. The Morgan fingerprint density at radius 3 is 2.68 bits per heavy atom. The molecule has 1 aromatic carbocycles. The van der Waals surface area contributed by atoms with E-state index in [1.807, 2.05) is 4.90 Å². The number of hydrogen-bond acceptors (Lipinski definition) is 5. The number of carbonyl (C=O) groups excluding carboxylic acids is 1. The molecule has 0 radical (unpaired) electrons. The van der Waals surface area contributed by atoms with Crippen molar-refractivity contribution in [3.8, 4) is 0 Å². The van der Waals surface area contributed by atoms with Crippen molar-refractivity contribution in [3.05, 3.63) is 24.3 Å². The fraction of sp³-hybridized carbons (Fsp3) is 0.600. The Morgan fingerprint density at radius 2 is 1.93 bits per heavy atom. The highest BCUT2D eigenvalue weighted by molar-refractivity contribution is 7.90. The average molecular weight is 405 g/mol. The number of benzene rings is 1. The van der Waals surface area contributed by atoms with Gasteiger partial charge in [-0.05, 0) is 63.1 Å². The maximum atomic E-state index is 13.0. The number of amides is 1. The third-order valence-corrected chi connectivity index (χ3v) is 7.64. The molecule has 4 rings (SSSR count). The van der Waals surface area contributed by atoms with Crippen LogP contribution < -0.4 is 11.1 Å². The van der Waals surface area contributed by atoms with Crippen LogP contribution in [0.1, 0.15) is 38.5 Å². The van der Waals surface area contributed by atoms with Crippen LogP contribution in [0, 0.1) is 17.8 Å². The maximum absolute atomic E-state index is 13.0. The van der Waals surface area contributed by atoms with E-state index in [1.165, 1.54) is 0 Å². The van der Waals surface area contributed by atoms with E-state index in [0.29, 0.717) is 30.5 Å². The number of rotatable bonds is 3. The number of nitrogens with one attached hydrogen (secondary N) is 1. The number of amidine groups is 1. The molecular weight excluding hydrogens is 376 g/mol. The van der Waals surface area contributed by atoms with Crippen LogP contribution in [0.15, 0.2) is 33.6 Å². The molecule has 3 aliphatic rings. The zero-order valence-electron chi connectivity index (χ0n) is 16.0. The summed E-state index contributed by atoms with van der Waals surface area (Å²) in [5, 5.41) is 3.19. The van der Waals surface area contributed by atoms with Crippen molar-refractivity contribution in [2.24, 2.45) is 27.9 Å². The van der Waals surface area contributed by atoms with Crippen LogP contribution in [-0.2, 0) is 14.8 Å². The van der Waals surface area contributed by atoms with Gasteiger partial charge in [0.1, 0.15) is 10.7 Å². The van der Waals surface area contributed by atoms with Gasteiger partial charge in [-0.15, -0.1) is 4.40 Å². The van der Waals surface area contributed by atoms with Crippen molar-refractivity contribution in [3.63, 3.8) is 0 Å². The van der Waals surface area contributed by atoms with E-state index in [9.17, 15) is 13.2 Å². The third-order valence-electron chi connectivity index (χ3n) is 6.30. The second-order valence-corrected chi connectivity index (χ2v) is 9.72. The number of para-hydroxylation sites is 1. The van der Waals surface area contributed by atoms with E-state index < -0.39 is 10.0 Å².